The van der Waals surface area contributed by atoms with Gasteiger partial charge in [-0.25, -0.2) is 12.7 Å². The van der Waals surface area contributed by atoms with Crippen LogP contribution in [-0.4, -0.2) is 38.5 Å². The SMILES string of the molecule is Cc1ccc(C(=O)CCC(=O)NCc2ccccc2S(=O)(=O)N(C)C)cc1C. The van der Waals surface area contributed by atoms with Gasteiger partial charge < -0.3 is 5.32 Å². The maximum Gasteiger partial charge on any atom is 0.242 e. The fourth-order valence-corrected chi connectivity index (χ4v) is 3.78. The van der Waals surface area contributed by atoms with Crippen molar-refractivity contribution in [1.82, 2.24) is 9.62 Å². The van der Waals surface area contributed by atoms with Crippen LogP contribution in [0.3, 0.4) is 0 Å². The van der Waals surface area contributed by atoms with Gasteiger partial charge in [0, 0.05) is 39.0 Å². The van der Waals surface area contributed by atoms with Crippen molar-refractivity contribution in [2.24, 2.45) is 0 Å². The maximum atomic E-state index is 12.4. The van der Waals surface area contributed by atoms with Gasteiger partial charge in [0.05, 0.1) is 4.90 Å². The largest absolute Gasteiger partial charge is 0.352 e. The normalized spacial score (nSPS) is 11.5. The van der Waals surface area contributed by atoms with Crippen molar-refractivity contribution in [3.63, 3.8) is 0 Å². The zero-order chi connectivity index (χ0) is 20.9. The predicted molar refractivity (Wildman–Crippen MR) is 109 cm³/mol. The van der Waals surface area contributed by atoms with Crippen LogP contribution in [0.2, 0.25) is 0 Å². The van der Waals surface area contributed by atoms with Crippen LogP contribution in [0.15, 0.2) is 47.4 Å². The first-order chi connectivity index (χ1) is 13.1. The molecule has 6 nitrogen and oxygen atoms in total. The van der Waals surface area contributed by atoms with Gasteiger partial charge in [0.15, 0.2) is 5.78 Å². The van der Waals surface area contributed by atoms with Crippen LogP contribution in [0, 0.1) is 13.8 Å². The van der Waals surface area contributed by atoms with E-state index in [0.717, 1.165) is 15.4 Å². The highest BCUT2D eigenvalue weighted by Crippen LogP contribution is 2.18. The lowest BCUT2D eigenvalue weighted by molar-refractivity contribution is -0.121. The van der Waals surface area contributed by atoms with Gasteiger partial charge in [0.25, 0.3) is 0 Å². The number of nitrogens with zero attached hydrogens (tertiary/aromatic N) is 1. The summed E-state index contributed by atoms with van der Waals surface area (Å²) < 4.78 is 25.9. The molecule has 2 aromatic rings. The molecule has 0 aliphatic heterocycles. The summed E-state index contributed by atoms with van der Waals surface area (Å²) in [7, 11) is -0.674. The van der Waals surface area contributed by atoms with E-state index >= 15 is 0 Å². The zero-order valence-electron chi connectivity index (χ0n) is 16.7. The van der Waals surface area contributed by atoms with E-state index in [4.69, 9.17) is 0 Å². The Morgan fingerprint density at radius 3 is 2.29 bits per heavy atom. The number of benzene rings is 2. The predicted octanol–water partition coefficient (Wildman–Crippen LogP) is 2.83. The average Bonchev–Trinajstić information content (AvgIpc) is 2.66. The van der Waals surface area contributed by atoms with Gasteiger partial charge in [0.1, 0.15) is 0 Å². The van der Waals surface area contributed by atoms with E-state index in [1.54, 1.807) is 24.3 Å². The Labute approximate surface area is 166 Å². The van der Waals surface area contributed by atoms with Gasteiger partial charge >= 0.3 is 0 Å². The Morgan fingerprint density at radius 1 is 0.964 bits per heavy atom. The second-order valence-electron chi connectivity index (χ2n) is 6.89. The summed E-state index contributed by atoms with van der Waals surface area (Å²) in [5, 5.41) is 2.70. The van der Waals surface area contributed by atoms with Crippen LogP contribution < -0.4 is 5.32 Å². The standard InChI is InChI=1S/C21H26N2O4S/c1-15-9-10-17(13-16(15)2)19(24)11-12-21(25)22-14-18-7-5-6-8-20(18)28(26,27)23(3)4/h5-10,13H,11-12,14H2,1-4H3,(H,22,25). The van der Waals surface area contributed by atoms with Crippen molar-refractivity contribution in [3.05, 3.63) is 64.7 Å². The second-order valence-corrected chi connectivity index (χ2v) is 9.01. The molecule has 1 N–H and O–H groups in total. The number of ketones is 1. The molecule has 0 saturated heterocycles. The molecule has 7 heteroatoms. The number of sulfonamides is 1. The highest BCUT2D eigenvalue weighted by atomic mass is 32.2. The van der Waals surface area contributed by atoms with Crippen LogP contribution in [0.4, 0.5) is 0 Å². The van der Waals surface area contributed by atoms with Crippen LogP contribution in [0.25, 0.3) is 0 Å². The van der Waals surface area contributed by atoms with E-state index in [-0.39, 0.29) is 36.0 Å². The van der Waals surface area contributed by atoms with Crippen molar-refractivity contribution >= 4 is 21.7 Å². The quantitative estimate of drug-likeness (QED) is 0.688. The third-order valence-electron chi connectivity index (χ3n) is 4.62. The Morgan fingerprint density at radius 2 is 1.64 bits per heavy atom. The lowest BCUT2D eigenvalue weighted by Crippen LogP contribution is -2.27. The molecule has 0 bridgehead atoms. The Balaban J connectivity index is 1.96. The summed E-state index contributed by atoms with van der Waals surface area (Å²) in [6.45, 7) is 4.00. The molecule has 0 saturated carbocycles. The molecule has 0 radical (unpaired) electrons. The van der Waals surface area contributed by atoms with Crippen molar-refractivity contribution in [3.8, 4) is 0 Å². The first-order valence-electron chi connectivity index (χ1n) is 9.00. The minimum atomic E-state index is -3.60. The van der Waals surface area contributed by atoms with E-state index in [0.29, 0.717) is 11.1 Å². The fraction of sp³-hybridized carbons (Fsp3) is 0.333. The molecule has 0 fully saturated rings. The monoisotopic (exact) mass is 402 g/mol. The molecule has 0 atom stereocenters. The average molecular weight is 403 g/mol. The summed E-state index contributed by atoms with van der Waals surface area (Å²) in [5.74, 6) is -0.386. The van der Waals surface area contributed by atoms with Crippen LogP contribution in [0.1, 0.15) is 39.9 Å². The first kappa shape index (κ1) is 21.8. The smallest absolute Gasteiger partial charge is 0.242 e. The number of carbonyl (C=O) groups is 2. The molecule has 0 aromatic heterocycles. The lowest BCUT2D eigenvalue weighted by atomic mass is 10.0. The van der Waals surface area contributed by atoms with Crippen LogP contribution >= 0.6 is 0 Å². The third-order valence-corrected chi connectivity index (χ3v) is 6.53. The number of aryl methyl sites for hydroxylation is 2. The van der Waals surface area contributed by atoms with Gasteiger partial charge in [-0.1, -0.05) is 30.3 Å². The van der Waals surface area contributed by atoms with Crippen LogP contribution in [0.5, 0.6) is 0 Å². The van der Waals surface area contributed by atoms with Gasteiger partial charge in [0.2, 0.25) is 15.9 Å². The van der Waals surface area contributed by atoms with Crippen LogP contribution in [-0.2, 0) is 21.4 Å². The zero-order valence-corrected chi connectivity index (χ0v) is 17.5. The first-order valence-corrected chi connectivity index (χ1v) is 10.4. The highest BCUT2D eigenvalue weighted by molar-refractivity contribution is 7.89. The number of nitrogens with one attached hydrogen (secondary N) is 1. The minimum absolute atomic E-state index is 0.0500. The van der Waals surface area contributed by atoms with E-state index in [1.165, 1.54) is 20.2 Å². The molecule has 0 heterocycles. The van der Waals surface area contributed by atoms with Gasteiger partial charge in [-0.05, 0) is 42.7 Å². The number of hydrogen-bond donors (Lipinski definition) is 1. The molecular formula is C21H26N2O4S. The minimum Gasteiger partial charge on any atom is -0.352 e. The number of Topliss-reactive ketones (excluding diaryl/α,β-unsaturated/α-hetero) is 1. The highest BCUT2D eigenvalue weighted by Gasteiger charge is 2.20. The summed E-state index contributed by atoms with van der Waals surface area (Å²) in [5.41, 5.74) is 3.25. The Bertz CT molecular complexity index is 982. The summed E-state index contributed by atoms with van der Waals surface area (Å²) in [4.78, 5) is 24.6. The maximum absolute atomic E-state index is 12.4. The number of rotatable bonds is 8. The van der Waals surface area contributed by atoms with Gasteiger partial charge in [-0.15, -0.1) is 0 Å². The van der Waals surface area contributed by atoms with E-state index in [1.807, 2.05) is 26.0 Å². The van der Waals surface area contributed by atoms with E-state index in [2.05, 4.69) is 5.32 Å². The van der Waals surface area contributed by atoms with Crippen molar-refractivity contribution in [2.45, 2.75) is 38.1 Å². The second kappa shape index (κ2) is 9.12. The Hall–Kier alpha value is -2.51. The van der Waals surface area contributed by atoms with Crippen molar-refractivity contribution in [1.29, 1.82) is 0 Å². The summed E-state index contributed by atoms with van der Waals surface area (Å²) in [6, 6.07) is 12.0. The molecule has 28 heavy (non-hydrogen) atoms. The van der Waals surface area contributed by atoms with Crippen molar-refractivity contribution < 1.29 is 18.0 Å². The molecular weight excluding hydrogens is 376 g/mol. The third kappa shape index (κ3) is 5.27. The Kier molecular flexibility index (Phi) is 7.10. The van der Waals surface area contributed by atoms with Gasteiger partial charge in [-0.3, -0.25) is 9.59 Å². The molecule has 0 spiro atoms. The molecule has 150 valence electrons. The molecule has 0 aliphatic carbocycles. The number of amides is 1. The molecule has 2 aromatic carbocycles. The fourth-order valence-electron chi connectivity index (χ4n) is 2.67. The lowest BCUT2D eigenvalue weighted by Gasteiger charge is -2.15. The van der Waals surface area contributed by atoms with E-state index in [9.17, 15) is 18.0 Å². The molecule has 0 unspecified atom stereocenters. The molecule has 1 amide bonds. The summed E-state index contributed by atoms with van der Waals surface area (Å²) in [6.07, 6.45) is 0.153. The molecule has 0 aliphatic rings. The molecule has 2 rings (SSSR count). The van der Waals surface area contributed by atoms with Crippen molar-refractivity contribution in [2.75, 3.05) is 14.1 Å². The van der Waals surface area contributed by atoms with Gasteiger partial charge in [-0.2, -0.15) is 0 Å². The summed E-state index contributed by atoms with van der Waals surface area (Å²) >= 11 is 0. The number of carbonyl (C=O) groups excluding carboxylic acids is 2. The van der Waals surface area contributed by atoms with E-state index < -0.39 is 10.0 Å². The topological polar surface area (TPSA) is 83.5 Å². The number of hydrogen-bond acceptors (Lipinski definition) is 4.